The van der Waals surface area contributed by atoms with Crippen molar-refractivity contribution >= 4 is 45.8 Å². The monoisotopic (exact) mass is 444 g/mol. The maximum Gasteiger partial charge on any atom is 0.344 e. The van der Waals surface area contributed by atoms with Gasteiger partial charge < -0.3 is 9.15 Å². The van der Waals surface area contributed by atoms with Crippen LogP contribution < -0.4 is 10.4 Å². The molecule has 0 atom stereocenters. The average Bonchev–Trinajstić information content (AvgIpc) is 2.70. The quantitative estimate of drug-likeness (QED) is 0.309. The Hall–Kier alpha value is -2.46. The van der Waals surface area contributed by atoms with E-state index in [2.05, 4.69) is 0 Å². The van der Waals surface area contributed by atoms with Crippen LogP contribution in [0.2, 0.25) is 15.1 Å². The summed E-state index contributed by atoms with van der Waals surface area (Å²) in [5.74, 6) is 0.655. The summed E-state index contributed by atoms with van der Waals surface area (Å²) >= 11 is 18.0. The number of halogens is 3. The number of aryl methyl sites for hydroxylation is 1. The Morgan fingerprint density at radius 3 is 2.38 bits per heavy atom. The summed E-state index contributed by atoms with van der Waals surface area (Å²) in [5.41, 5.74) is 3.10. The van der Waals surface area contributed by atoms with Gasteiger partial charge in [-0.1, -0.05) is 53.0 Å². The summed E-state index contributed by atoms with van der Waals surface area (Å²) in [6.45, 7) is 2.23. The van der Waals surface area contributed by atoms with Crippen LogP contribution >= 0.6 is 34.8 Å². The lowest BCUT2D eigenvalue weighted by atomic mass is 9.99. The first kappa shape index (κ1) is 19.8. The summed E-state index contributed by atoms with van der Waals surface area (Å²) < 4.78 is 11.4. The van der Waals surface area contributed by atoms with Crippen LogP contribution in [0.3, 0.4) is 0 Å². The van der Waals surface area contributed by atoms with Crippen molar-refractivity contribution in [2.24, 2.45) is 0 Å². The molecule has 146 valence electrons. The number of benzene rings is 3. The van der Waals surface area contributed by atoms with E-state index in [1.165, 1.54) is 0 Å². The van der Waals surface area contributed by atoms with Gasteiger partial charge in [0.15, 0.2) is 0 Å². The van der Waals surface area contributed by atoms with E-state index in [9.17, 15) is 4.79 Å². The van der Waals surface area contributed by atoms with Crippen LogP contribution in [0.4, 0.5) is 0 Å². The highest BCUT2D eigenvalue weighted by Gasteiger charge is 2.14. The van der Waals surface area contributed by atoms with E-state index in [0.717, 1.165) is 22.1 Å². The largest absolute Gasteiger partial charge is 0.489 e. The van der Waals surface area contributed by atoms with Gasteiger partial charge in [-0.3, -0.25) is 0 Å². The molecule has 1 heterocycles. The Bertz CT molecular complexity index is 1260. The molecule has 4 rings (SSSR count). The molecule has 0 aliphatic carbocycles. The summed E-state index contributed by atoms with van der Waals surface area (Å²) in [4.78, 5) is 12.5. The van der Waals surface area contributed by atoms with Crippen LogP contribution in [-0.4, -0.2) is 0 Å². The molecule has 0 radical (unpaired) electrons. The smallest absolute Gasteiger partial charge is 0.344 e. The topological polar surface area (TPSA) is 39.4 Å². The average molecular weight is 446 g/mol. The van der Waals surface area contributed by atoms with E-state index in [4.69, 9.17) is 44.0 Å². The molecule has 0 N–H and O–H groups in total. The molecule has 0 saturated heterocycles. The molecule has 0 spiro atoms. The van der Waals surface area contributed by atoms with Gasteiger partial charge in [-0.2, -0.15) is 0 Å². The third-order valence-electron chi connectivity index (χ3n) is 4.66. The lowest BCUT2D eigenvalue weighted by Gasteiger charge is -2.11. The van der Waals surface area contributed by atoms with E-state index in [0.29, 0.717) is 38.6 Å². The highest BCUT2D eigenvalue weighted by molar-refractivity contribution is 6.42. The third kappa shape index (κ3) is 4.13. The number of rotatable bonds is 4. The molecule has 3 aromatic carbocycles. The Kier molecular flexibility index (Phi) is 5.55. The molecule has 0 fully saturated rings. The van der Waals surface area contributed by atoms with Crippen molar-refractivity contribution in [1.29, 1.82) is 0 Å². The van der Waals surface area contributed by atoms with Gasteiger partial charge in [-0.25, -0.2) is 4.79 Å². The second-order valence-corrected chi connectivity index (χ2v) is 7.84. The van der Waals surface area contributed by atoms with Crippen molar-refractivity contribution in [2.75, 3.05) is 0 Å². The summed E-state index contributed by atoms with van der Waals surface area (Å²) in [7, 11) is 0. The fourth-order valence-corrected chi connectivity index (χ4v) is 3.61. The molecular formula is C23H15Cl3O3. The van der Waals surface area contributed by atoms with Gasteiger partial charge >= 0.3 is 5.63 Å². The van der Waals surface area contributed by atoms with Gasteiger partial charge in [0, 0.05) is 10.4 Å². The van der Waals surface area contributed by atoms with Crippen molar-refractivity contribution in [2.45, 2.75) is 13.5 Å². The minimum absolute atomic E-state index is 0.336. The van der Waals surface area contributed by atoms with Crippen LogP contribution in [0.1, 0.15) is 11.1 Å². The molecule has 29 heavy (non-hydrogen) atoms. The molecule has 1 aromatic heterocycles. The third-order valence-corrected chi connectivity index (χ3v) is 5.65. The Labute approximate surface area is 182 Å². The van der Waals surface area contributed by atoms with Crippen LogP contribution in [0, 0.1) is 6.92 Å². The van der Waals surface area contributed by atoms with Crippen LogP contribution in [-0.2, 0) is 6.61 Å². The standard InChI is InChI=1S/C23H15Cl3O3/c1-13-18-11-17(28-12-14-2-8-19(25)20(26)10-14)7-9-21(18)29-23(27)22(13)15-3-5-16(24)6-4-15/h2-11H,12H2,1H3. The second-order valence-electron chi connectivity index (χ2n) is 6.59. The lowest BCUT2D eigenvalue weighted by molar-refractivity contribution is 0.306. The predicted octanol–water partition coefficient (Wildman–Crippen LogP) is 7.31. The van der Waals surface area contributed by atoms with Gasteiger partial charge in [-0.15, -0.1) is 0 Å². The van der Waals surface area contributed by atoms with E-state index < -0.39 is 0 Å². The zero-order valence-electron chi connectivity index (χ0n) is 15.3. The first-order valence-electron chi connectivity index (χ1n) is 8.82. The summed E-state index contributed by atoms with van der Waals surface area (Å²) in [6.07, 6.45) is 0. The maximum absolute atomic E-state index is 12.5. The molecule has 4 aromatic rings. The molecule has 3 nitrogen and oxygen atoms in total. The Morgan fingerprint density at radius 1 is 0.897 bits per heavy atom. The highest BCUT2D eigenvalue weighted by atomic mass is 35.5. The second kappa shape index (κ2) is 8.11. The van der Waals surface area contributed by atoms with Crippen molar-refractivity contribution in [3.63, 3.8) is 0 Å². The molecule has 0 unspecified atom stereocenters. The molecule has 0 aliphatic rings. The molecule has 0 bridgehead atoms. The molecule has 6 heteroatoms. The number of fused-ring (bicyclic) bond motifs is 1. The number of hydrogen-bond donors (Lipinski definition) is 0. The fraction of sp³-hybridized carbons (Fsp3) is 0.0870. The minimum atomic E-state index is -0.387. The zero-order valence-corrected chi connectivity index (χ0v) is 17.6. The summed E-state index contributed by atoms with van der Waals surface area (Å²) in [6, 6.07) is 17.8. The summed E-state index contributed by atoms with van der Waals surface area (Å²) in [5, 5.41) is 2.40. The van der Waals surface area contributed by atoms with Gasteiger partial charge in [0.05, 0.1) is 15.6 Å². The van der Waals surface area contributed by atoms with E-state index in [-0.39, 0.29) is 5.63 Å². The van der Waals surface area contributed by atoms with Crippen LogP contribution in [0.15, 0.2) is 69.9 Å². The normalized spacial score (nSPS) is 11.0. The maximum atomic E-state index is 12.5. The van der Waals surface area contributed by atoms with E-state index in [1.807, 2.05) is 19.1 Å². The van der Waals surface area contributed by atoms with Gasteiger partial charge in [0.2, 0.25) is 0 Å². The Morgan fingerprint density at radius 2 is 1.66 bits per heavy atom. The Balaban J connectivity index is 1.70. The molecule has 0 aliphatic heterocycles. The van der Waals surface area contributed by atoms with Gasteiger partial charge in [-0.05, 0) is 66.1 Å². The molecule has 0 saturated carbocycles. The first-order chi connectivity index (χ1) is 13.9. The van der Waals surface area contributed by atoms with Crippen molar-refractivity contribution < 1.29 is 9.15 Å². The predicted molar refractivity (Wildman–Crippen MR) is 118 cm³/mol. The number of ether oxygens (including phenoxy) is 1. The van der Waals surface area contributed by atoms with Crippen molar-refractivity contribution in [3.8, 4) is 16.9 Å². The zero-order chi connectivity index (χ0) is 20.5. The SMILES string of the molecule is Cc1c(-c2ccc(Cl)cc2)c(=O)oc2ccc(OCc3ccc(Cl)c(Cl)c3)cc12. The van der Waals surface area contributed by atoms with Crippen LogP contribution in [0.25, 0.3) is 22.1 Å². The fourth-order valence-electron chi connectivity index (χ4n) is 3.17. The molecular weight excluding hydrogens is 431 g/mol. The number of hydrogen-bond acceptors (Lipinski definition) is 3. The molecule has 0 amide bonds. The first-order valence-corrected chi connectivity index (χ1v) is 9.96. The highest BCUT2D eigenvalue weighted by Crippen LogP contribution is 2.30. The van der Waals surface area contributed by atoms with E-state index >= 15 is 0 Å². The van der Waals surface area contributed by atoms with Crippen LogP contribution in [0.5, 0.6) is 5.75 Å². The minimum Gasteiger partial charge on any atom is -0.489 e. The van der Waals surface area contributed by atoms with Gasteiger partial charge in [0.25, 0.3) is 0 Å². The lowest BCUT2D eigenvalue weighted by Crippen LogP contribution is -2.06. The van der Waals surface area contributed by atoms with Gasteiger partial charge in [0.1, 0.15) is 17.9 Å². The van der Waals surface area contributed by atoms with E-state index in [1.54, 1.807) is 48.5 Å². The van der Waals surface area contributed by atoms with Crippen molar-refractivity contribution in [1.82, 2.24) is 0 Å². The van der Waals surface area contributed by atoms with Crippen molar-refractivity contribution in [3.05, 3.63) is 97.3 Å².